The smallest absolute Gasteiger partial charge is 0.726 e. The first kappa shape index (κ1) is 32.1. The van der Waals surface area contributed by atoms with Gasteiger partial charge in [0.05, 0.1) is 6.61 Å². The zero-order chi connectivity index (χ0) is 22.8. The number of carbonyl (C=O) groups is 2. The van der Waals surface area contributed by atoms with Crippen LogP contribution in [-0.4, -0.2) is 101 Å². The first-order valence-electron chi connectivity index (χ1n) is 8.30. The molecule has 8 unspecified atom stereocenters. The Balaban J connectivity index is 0.00000480. The van der Waals surface area contributed by atoms with Crippen molar-refractivity contribution in [1.82, 2.24) is 5.32 Å². The van der Waals surface area contributed by atoms with E-state index in [0.717, 1.165) is 6.92 Å². The van der Waals surface area contributed by atoms with Gasteiger partial charge < -0.3 is 54.4 Å². The number of amides is 1. The molecular weight excluding hydrogens is 484 g/mol. The third-order valence-electron chi connectivity index (χ3n) is 4.13. The average molecular weight is 503 g/mol. The van der Waals surface area contributed by atoms with E-state index in [1.165, 1.54) is 0 Å². The summed E-state index contributed by atoms with van der Waals surface area (Å²) >= 11 is 0. The largest absolute Gasteiger partial charge is 1.00 e. The van der Waals surface area contributed by atoms with E-state index in [4.69, 9.17) is 14.2 Å². The van der Waals surface area contributed by atoms with Gasteiger partial charge in [0, 0.05) is 6.92 Å². The van der Waals surface area contributed by atoms with Crippen LogP contribution in [0.1, 0.15) is 6.92 Å². The minimum absolute atomic E-state index is 0. The maximum absolute atomic E-state index is 11.4. The second-order valence-electron chi connectivity index (χ2n) is 6.36. The summed E-state index contributed by atoms with van der Waals surface area (Å²) in [6.45, 7) is -0.000369. The van der Waals surface area contributed by atoms with Crippen LogP contribution in [0.3, 0.4) is 0 Å². The molecule has 2 heterocycles. The first-order chi connectivity index (χ1) is 13.8. The van der Waals surface area contributed by atoms with Crippen LogP contribution in [0.25, 0.3) is 0 Å². The van der Waals surface area contributed by atoms with Crippen molar-refractivity contribution in [2.45, 2.75) is 56.1 Å². The van der Waals surface area contributed by atoms with Crippen molar-refractivity contribution < 1.29 is 126 Å². The zero-order valence-corrected chi connectivity index (χ0v) is 22.0. The van der Waals surface area contributed by atoms with Crippen molar-refractivity contribution in [3.63, 3.8) is 0 Å². The number of aliphatic hydroxyl groups excluding tert-OH is 4. The maximum atomic E-state index is 11.4. The number of aliphatic carboxylic acids is 1. The molecule has 2 rings (SSSR count). The van der Waals surface area contributed by atoms with Crippen molar-refractivity contribution in [3.8, 4) is 0 Å². The predicted octanol–water partition coefficient (Wildman–Crippen LogP) is -11.8. The molecule has 0 aromatic rings. The van der Waals surface area contributed by atoms with Gasteiger partial charge in [-0.2, -0.15) is 0 Å². The Bertz CT molecular complexity index is 794. The molecule has 0 radical (unpaired) electrons. The molecule has 0 bridgehead atoms. The number of carboxylic acids is 1. The van der Waals surface area contributed by atoms with E-state index in [0.29, 0.717) is 6.08 Å². The van der Waals surface area contributed by atoms with E-state index in [1.807, 2.05) is 0 Å². The second-order valence-corrected chi connectivity index (χ2v) is 7.41. The number of carboxylic acid groups (broad SMARTS) is 1. The molecular formula is C14H19NNa2O14S. The van der Waals surface area contributed by atoms with Gasteiger partial charge in [0.2, 0.25) is 22.6 Å². The van der Waals surface area contributed by atoms with Gasteiger partial charge in [-0.25, -0.2) is 8.42 Å². The fourth-order valence-corrected chi connectivity index (χ4v) is 3.10. The Morgan fingerprint density at radius 1 is 1.19 bits per heavy atom. The molecule has 0 spiro atoms. The zero-order valence-electron chi connectivity index (χ0n) is 17.2. The normalized spacial score (nSPS) is 34.8. The van der Waals surface area contributed by atoms with Gasteiger partial charge in [-0.15, -0.1) is 0 Å². The average Bonchev–Trinajstić information content (AvgIpc) is 2.61. The van der Waals surface area contributed by atoms with Gasteiger partial charge in [0.25, 0.3) is 0 Å². The number of rotatable bonds is 7. The fraction of sp³-hybridized carbons (Fsp3) is 0.714. The fourth-order valence-electron chi connectivity index (χ4n) is 2.80. The summed E-state index contributed by atoms with van der Waals surface area (Å²) < 4.78 is 51.0. The van der Waals surface area contributed by atoms with Crippen molar-refractivity contribution in [1.29, 1.82) is 0 Å². The van der Waals surface area contributed by atoms with Gasteiger partial charge in [-0.1, -0.05) is 0 Å². The number of hydrogen-bond acceptors (Lipinski definition) is 14. The predicted molar refractivity (Wildman–Crippen MR) is 85.0 cm³/mol. The van der Waals surface area contributed by atoms with Crippen LogP contribution in [0.2, 0.25) is 0 Å². The van der Waals surface area contributed by atoms with E-state index in [-0.39, 0.29) is 59.1 Å². The topological polar surface area (TPSA) is 244 Å². The number of aliphatic hydroxyl groups is 4. The van der Waals surface area contributed by atoms with Crippen LogP contribution in [0, 0.1) is 0 Å². The van der Waals surface area contributed by atoms with Crippen molar-refractivity contribution in [2.75, 3.05) is 6.61 Å². The van der Waals surface area contributed by atoms with Gasteiger partial charge in [-0.3, -0.25) is 8.98 Å². The van der Waals surface area contributed by atoms with E-state index < -0.39 is 83.8 Å². The first-order valence-corrected chi connectivity index (χ1v) is 9.64. The van der Waals surface area contributed by atoms with Crippen LogP contribution in [0.5, 0.6) is 0 Å². The molecule has 18 heteroatoms. The molecule has 2 aliphatic heterocycles. The third-order valence-corrected chi connectivity index (χ3v) is 4.55. The third kappa shape index (κ3) is 8.71. The SMILES string of the molecule is CC(=O)NC1C(O)OC(COS(=O)(=O)[O-])C(O)C1OC1OC(C(=O)[O-])=CC(O)C1O.[Na+].[Na+]. The Morgan fingerprint density at radius 2 is 1.78 bits per heavy atom. The molecule has 0 aromatic heterocycles. The molecule has 172 valence electrons. The summed E-state index contributed by atoms with van der Waals surface area (Å²) in [5.74, 6) is -3.47. The molecule has 1 fully saturated rings. The van der Waals surface area contributed by atoms with E-state index in [9.17, 15) is 48.1 Å². The van der Waals surface area contributed by atoms with Gasteiger partial charge in [-0.05, 0) is 6.08 Å². The molecule has 0 aliphatic carbocycles. The Kier molecular flexibility index (Phi) is 13.3. The summed E-state index contributed by atoms with van der Waals surface area (Å²) in [5, 5.41) is 53.5. The summed E-state index contributed by atoms with van der Waals surface area (Å²) in [6, 6.07) is -1.53. The Morgan fingerprint density at radius 3 is 2.28 bits per heavy atom. The molecule has 32 heavy (non-hydrogen) atoms. The van der Waals surface area contributed by atoms with Gasteiger partial charge in [0.15, 0.2) is 6.29 Å². The molecule has 1 amide bonds. The quantitative estimate of drug-likeness (QED) is 0.123. The van der Waals surface area contributed by atoms with Crippen LogP contribution < -0.4 is 69.5 Å². The van der Waals surface area contributed by atoms with E-state index in [2.05, 4.69) is 9.50 Å². The minimum atomic E-state index is -5.19. The summed E-state index contributed by atoms with van der Waals surface area (Å²) in [6.07, 6.45) is -12.1. The van der Waals surface area contributed by atoms with Crippen LogP contribution in [-0.2, 0) is 38.4 Å². The molecule has 0 saturated carbocycles. The van der Waals surface area contributed by atoms with Crippen LogP contribution >= 0.6 is 0 Å². The second kappa shape index (κ2) is 13.3. The summed E-state index contributed by atoms with van der Waals surface area (Å²) in [4.78, 5) is 22.4. The maximum Gasteiger partial charge on any atom is 1.00 e. The van der Waals surface area contributed by atoms with Crippen LogP contribution in [0.4, 0.5) is 0 Å². The summed E-state index contributed by atoms with van der Waals surface area (Å²) in [5.41, 5.74) is 0. The number of nitrogens with one attached hydrogen (secondary N) is 1. The Labute approximate surface area is 226 Å². The Hall–Kier alpha value is 0.110. The molecule has 2 aliphatic rings. The monoisotopic (exact) mass is 503 g/mol. The number of carbonyl (C=O) groups excluding carboxylic acids is 2. The minimum Gasteiger partial charge on any atom is -0.726 e. The standard InChI is InChI=1S/C14H21NO14S.2Na/c1-4(16)15-8-11(10(19)7(27-13(8)22)3-26-30(23,24)25)29-14-9(18)5(17)2-6(28-14)12(20)21;;/h2,5,7-11,13-14,17-19,22H,3H2,1H3,(H,15,16)(H,20,21)(H,23,24,25);;/q;2*+1/p-2. The number of hydrogen-bond donors (Lipinski definition) is 5. The van der Waals surface area contributed by atoms with Gasteiger partial charge >= 0.3 is 59.1 Å². The van der Waals surface area contributed by atoms with Crippen molar-refractivity contribution in [2.24, 2.45) is 0 Å². The molecule has 0 aromatic carbocycles. The molecule has 15 nitrogen and oxygen atoms in total. The molecule has 5 N–H and O–H groups in total. The number of ether oxygens (including phenoxy) is 3. The molecule has 8 atom stereocenters. The van der Waals surface area contributed by atoms with Crippen molar-refractivity contribution in [3.05, 3.63) is 11.8 Å². The van der Waals surface area contributed by atoms with E-state index in [1.54, 1.807) is 0 Å². The van der Waals surface area contributed by atoms with Gasteiger partial charge in [0.1, 0.15) is 48.3 Å². The summed E-state index contributed by atoms with van der Waals surface area (Å²) in [7, 11) is -5.19. The molecule has 1 saturated heterocycles. The van der Waals surface area contributed by atoms with Crippen molar-refractivity contribution >= 4 is 22.3 Å². The van der Waals surface area contributed by atoms with Crippen LogP contribution in [0.15, 0.2) is 11.8 Å². The van der Waals surface area contributed by atoms with E-state index >= 15 is 0 Å².